The molecule has 1 amide bonds. The third-order valence-electron chi connectivity index (χ3n) is 3.06. The topological polar surface area (TPSA) is 41.1 Å². The zero-order valence-electron chi connectivity index (χ0n) is 13.6. The van der Waals surface area contributed by atoms with Gasteiger partial charge in [0.05, 0.1) is 0 Å². The Morgan fingerprint density at radius 2 is 1.70 bits per heavy atom. The molecule has 1 atom stereocenters. The Morgan fingerprint density at radius 1 is 1.15 bits per heavy atom. The quantitative estimate of drug-likeness (QED) is 0.866. The van der Waals surface area contributed by atoms with E-state index in [1.807, 2.05) is 20.8 Å². The summed E-state index contributed by atoms with van der Waals surface area (Å²) < 4.78 is 0. The monoisotopic (exact) mass is 276 g/mol. The fourth-order valence-corrected chi connectivity index (χ4v) is 2.26. The van der Waals surface area contributed by atoms with Crippen LogP contribution in [-0.4, -0.2) is 18.0 Å². The first-order chi connectivity index (χ1) is 9.17. The second-order valence-electron chi connectivity index (χ2n) is 6.65. The highest BCUT2D eigenvalue weighted by Gasteiger charge is 2.13. The maximum atomic E-state index is 11.7. The first kappa shape index (κ1) is 16.7. The lowest BCUT2D eigenvalue weighted by molar-refractivity contribution is -0.122. The van der Waals surface area contributed by atoms with Gasteiger partial charge in [0.1, 0.15) is 0 Å². The third-order valence-corrected chi connectivity index (χ3v) is 3.06. The molecule has 0 spiro atoms. The first-order valence-corrected chi connectivity index (χ1v) is 7.30. The molecule has 0 aliphatic rings. The number of carbonyl (C=O) groups excluding carboxylic acids is 1. The molecule has 0 fully saturated rings. The Balaban J connectivity index is 2.44. The number of hydrogen-bond acceptors (Lipinski definition) is 2. The van der Waals surface area contributed by atoms with E-state index >= 15 is 0 Å². The Labute approximate surface area is 123 Å². The molecular formula is C17H28N2O. The summed E-state index contributed by atoms with van der Waals surface area (Å²) >= 11 is 0. The number of carbonyl (C=O) groups is 1. The summed E-state index contributed by atoms with van der Waals surface area (Å²) in [6.45, 7) is 13.0. The molecule has 3 nitrogen and oxygen atoms in total. The van der Waals surface area contributed by atoms with E-state index in [-0.39, 0.29) is 17.5 Å². The van der Waals surface area contributed by atoms with Gasteiger partial charge in [-0.05, 0) is 47.1 Å². The summed E-state index contributed by atoms with van der Waals surface area (Å²) in [6.07, 6.45) is 0.506. The van der Waals surface area contributed by atoms with Crippen LogP contribution in [0.1, 0.15) is 56.8 Å². The predicted octanol–water partition coefficient (Wildman–Crippen LogP) is 3.26. The molecular weight excluding hydrogens is 248 g/mol. The van der Waals surface area contributed by atoms with Crippen molar-refractivity contribution in [2.75, 3.05) is 6.54 Å². The minimum absolute atomic E-state index is 0.0950. The highest BCUT2D eigenvalue weighted by Crippen LogP contribution is 2.16. The molecule has 1 aromatic rings. The average molecular weight is 276 g/mol. The van der Waals surface area contributed by atoms with Crippen LogP contribution in [0.3, 0.4) is 0 Å². The molecule has 0 saturated carbocycles. The SMILES string of the molecule is Cc1cc(C)cc(C(C)NCCC(=O)NC(C)(C)C)c1. The molecule has 0 bridgehead atoms. The molecule has 0 aromatic heterocycles. The van der Waals surface area contributed by atoms with E-state index in [1.54, 1.807) is 0 Å². The van der Waals surface area contributed by atoms with Gasteiger partial charge in [0.2, 0.25) is 5.91 Å². The van der Waals surface area contributed by atoms with Crippen LogP contribution in [-0.2, 0) is 4.79 Å². The maximum Gasteiger partial charge on any atom is 0.221 e. The molecule has 20 heavy (non-hydrogen) atoms. The standard InChI is InChI=1S/C17H28N2O/c1-12-9-13(2)11-15(10-12)14(3)18-8-7-16(20)19-17(4,5)6/h9-11,14,18H,7-8H2,1-6H3,(H,19,20). The van der Waals surface area contributed by atoms with Crippen molar-refractivity contribution in [2.45, 2.75) is 59.5 Å². The summed E-state index contributed by atoms with van der Waals surface area (Å²) in [4.78, 5) is 11.7. The molecule has 2 N–H and O–H groups in total. The average Bonchev–Trinajstić information content (AvgIpc) is 2.24. The van der Waals surface area contributed by atoms with E-state index in [0.717, 1.165) is 0 Å². The lowest BCUT2D eigenvalue weighted by Crippen LogP contribution is -2.41. The van der Waals surface area contributed by atoms with Gasteiger partial charge in [-0.25, -0.2) is 0 Å². The third kappa shape index (κ3) is 6.20. The van der Waals surface area contributed by atoms with Crippen molar-refractivity contribution in [3.05, 3.63) is 34.9 Å². The van der Waals surface area contributed by atoms with Gasteiger partial charge in [-0.15, -0.1) is 0 Å². The van der Waals surface area contributed by atoms with Gasteiger partial charge in [0.25, 0.3) is 0 Å². The molecule has 0 aliphatic heterocycles. The molecule has 0 aliphatic carbocycles. The molecule has 112 valence electrons. The van der Waals surface area contributed by atoms with Crippen LogP contribution in [0.5, 0.6) is 0 Å². The molecule has 0 heterocycles. The first-order valence-electron chi connectivity index (χ1n) is 7.30. The number of amides is 1. The normalized spacial score (nSPS) is 13.1. The van der Waals surface area contributed by atoms with Crippen molar-refractivity contribution in [3.8, 4) is 0 Å². The van der Waals surface area contributed by atoms with E-state index in [1.165, 1.54) is 16.7 Å². The lowest BCUT2D eigenvalue weighted by atomic mass is 10.0. The number of nitrogens with one attached hydrogen (secondary N) is 2. The summed E-state index contributed by atoms with van der Waals surface area (Å²) in [5.74, 6) is 0.0950. The van der Waals surface area contributed by atoms with Crippen molar-refractivity contribution < 1.29 is 4.79 Å². The Morgan fingerprint density at radius 3 is 2.20 bits per heavy atom. The summed E-state index contributed by atoms with van der Waals surface area (Å²) in [5.41, 5.74) is 3.67. The molecule has 0 radical (unpaired) electrons. The highest BCUT2D eigenvalue weighted by molar-refractivity contribution is 5.76. The van der Waals surface area contributed by atoms with Crippen LogP contribution in [0.15, 0.2) is 18.2 Å². The van der Waals surface area contributed by atoms with Crippen molar-refractivity contribution in [3.63, 3.8) is 0 Å². The Hall–Kier alpha value is -1.35. The fraction of sp³-hybridized carbons (Fsp3) is 0.588. The second-order valence-corrected chi connectivity index (χ2v) is 6.65. The van der Waals surface area contributed by atoms with Crippen molar-refractivity contribution in [1.82, 2.24) is 10.6 Å². The molecule has 0 saturated heterocycles. The van der Waals surface area contributed by atoms with Gasteiger partial charge in [-0.3, -0.25) is 4.79 Å². The predicted molar refractivity (Wildman–Crippen MR) is 84.8 cm³/mol. The van der Waals surface area contributed by atoms with E-state index in [4.69, 9.17) is 0 Å². The molecule has 1 unspecified atom stereocenters. The van der Waals surface area contributed by atoms with Gasteiger partial charge < -0.3 is 10.6 Å². The van der Waals surface area contributed by atoms with Crippen molar-refractivity contribution in [1.29, 1.82) is 0 Å². The van der Waals surface area contributed by atoms with Gasteiger partial charge in [0, 0.05) is 24.5 Å². The Bertz CT molecular complexity index is 440. The smallest absolute Gasteiger partial charge is 0.221 e. The molecule has 1 aromatic carbocycles. The van der Waals surface area contributed by atoms with Gasteiger partial charge in [-0.1, -0.05) is 29.3 Å². The summed E-state index contributed by atoms with van der Waals surface area (Å²) in [5, 5.41) is 6.38. The van der Waals surface area contributed by atoms with E-state index < -0.39 is 0 Å². The minimum atomic E-state index is -0.156. The van der Waals surface area contributed by atoms with Crippen molar-refractivity contribution >= 4 is 5.91 Å². The number of benzene rings is 1. The van der Waals surface area contributed by atoms with E-state index in [2.05, 4.69) is 49.6 Å². The zero-order valence-corrected chi connectivity index (χ0v) is 13.6. The van der Waals surface area contributed by atoms with Crippen LogP contribution in [0.25, 0.3) is 0 Å². The van der Waals surface area contributed by atoms with E-state index in [9.17, 15) is 4.79 Å². The second kappa shape index (κ2) is 6.89. The summed E-state index contributed by atoms with van der Waals surface area (Å²) in [6, 6.07) is 6.82. The molecule has 3 heteroatoms. The van der Waals surface area contributed by atoms with Crippen LogP contribution in [0, 0.1) is 13.8 Å². The maximum absolute atomic E-state index is 11.7. The number of aryl methyl sites for hydroxylation is 2. The number of rotatable bonds is 5. The van der Waals surface area contributed by atoms with Crippen LogP contribution >= 0.6 is 0 Å². The van der Waals surface area contributed by atoms with Crippen LogP contribution in [0.4, 0.5) is 0 Å². The van der Waals surface area contributed by atoms with E-state index in [0.29, 0.717) is 13.0 Å². The van der Waals surface area contributed by atoms with Gasteiger partial charge >= 0.3 is 0 Å². The Kier molecular flexibility index (Phi) is 5.75. The fourth-order valence-electron chi connectivity index (χ4n) is 2.26. The molecule has 1 rings (SSSR count). The minimum Gasteiger partial charge on any atom is -0.351 e. The number of hydrogen-bond donors (Lipinski definition) is 2. The lowest BCUT2D eigenvalue weighted by Gasteiger charge is -2.21. The van der Waals surface area contributed by atoms with Crippen LogP contribution < -0.4 is 10.6 Å². The van der Waals surface area contributed by atoms with Gasteiger partial charge in [0.15, 0.2) is 0 Å². The van der Waals surface area contributed by atoms with Crippen LogP contribution in [0.2, 0.25) is 0 Å². The van der Waals surface area contributed by atoms with Gasteiger partial charge in [-0.2, -0.15) is 0 Å². The van der Waals surface area contributed by atoms with Crippen molar-refractivity contribution in [2.24, 2.45) is 0 Å². The zero-order chi connectivity index (χ0) is 15.3. The largest absolute Gasteiger partial charge is 0.351 e. The summed E-state index contributed by atoms with van der Waals surface area (Å²) in [7, 11) is 0. The highest BCUT2D eigenvalue weighted by atomic mass is 16.1.